The van der Waals surface area contributed by atoms with E-state index in [-0.39, 0.29) is 12.0 Å². The quantitative estimate of drug-likeness (QED) is 0.635. The molecule has 5 nitrogen and oxygen atoms in total. The largest absolute Gasteiger partial charge is 0.481 e. The van der Waals surface area contributed by atoms with Crippen molar-refractivity contribution in [1.29, 1.82) is 0 Å². The molecule has 0 spiro atoms. The summed E-state index contributed by atoms with van der Waals surface area (Å²) in [5.41, 5.74) is 0.611. The zero-order chi connectivity index (χ0) is 9.14. The maximum absolute atomic E-state index is 10.7. The van der Waals surface area contributed by atoms with E-state index >= 15 is 0 Å². The van der Waals surface area contributed by atoms with Crippen LogP contribution in [-0.4, -0.2) is 21.3 Å². The lowest BCUT2D eigenvalue weighted by atomic mass is 10.1. The summed E-state index contributed by atoms with van der Waals surface area (Å²) in [6.07, 6.45) is -0.164. The van der Waals surface area contributed by atoms with Crippen molar-refractivity contribution in [2.24, 2.45) is 0 Å². The molecule has 5 heteroatoms. The monoisotopic (exact) mass is 168 g/mol. The van der Waals surface area contributed by atoms with Crippen LogP contribution in [0, 0.1) is 6.92 Å². The highest BCUT2D eigenvalue weighted by atomic mass is 16.4. The van der Waals surface area contributed by atoms with Gasteiger partial charge in [-0.1, -0.05) is 0 Å². The van der Waals surface area contributed by atoms with Crippen molar-refractivity contribution in [1.82, 2.24) is 10.2 Å². The van der Waals surface area contributed by atoms with Gasteiger partial charge < -0.3 is 5.11 Å². The Morgan fingerprint density at radius 1 is 1.75 bits per heavy atom. The van der Waals surface area contributed by atoms with Crippen molar-refractivity contribution in [2.45, 2.75) is 13.3 Å². The number of nitrogens with one attached hydrogen (secondary N) is 1. The molecule has 64 valence electrons. The maximum atomic E-state index is 10.7. The lowest BCUT2D eigenvalue weighted by molar-refractivity contribution is -0.136. The van der Waals surface area contributed by atoms with Crippen LogP contribution >= 0.6 is 0 Å². The molecule has 0 fully saturated rings. The van der Waals surface area contributed by atoms with E-state index in [1.807, 2.05) is 0 Å². The Labute approximate surface area is 68.1 Å². The molecule has 1 rings (SSSR count). The molecule has 0 unspecified atom stereocenters. The van der Waals surface area contributed by atoms with Crippen LogP contribution in [0.5, 0.6) is 0 Å². The summed E-state index contributed by atoms with van der Waals surface area (Å²) in [6.45, 7) is 1.65. The SMILES string of the molecule is Cc1n[nH]c(=O)cc1CC(=O)O. The van der Waals surface area contributed by atoms with Gasteiger partial charge in [-0.2, -0.15) is 5.10 Å². The second kappa shape index (κ2) is 3.17. The first kappa shape index (κ1) is 8.45. The minimum absolute atomic E-state index is 0.164. The lowest BCUT2D eigenvalue weighted by Crippen LogP contribution is -2.13. The molecule has 0 bridgehead atoms. The predicted molar refractivity (Wildman–Crippen MR) is 40.9 cm³/mol. The van der Waals surface area contributed by atoms with Gasteiger partial charge in [0.25, 0.3) is 5.56 Å². The smallest absolute Gasteiger partial charge is 0.307 e. The van der Waals surface area contributed by atoms with Gasteiger partial charge in [-0.3, -0.25) is 9.59 Å². The van der Waals surface area contributed by atoms with Gasteiger partial charge in [0.2, 0.25) is 0 Å². The van der Waals surface area contributed by atoms with Crippen molar-refractivity contribution >= 4 is 5.97 Å². The van der Waals surface area contributed by atoms with Crippen LogP contribution in [0.2, 0.25) is 0 Å². The average Bonchev–Trinajstić information content (AvgIpc) is 1.96. The molecule has 0 aliphatic carbocycles. The number of rotatable bonds is 2. The number of carboxylic acids is 1. The van der Waals surface area contributed by atoms with Crippen LogP contribution in [0.4, 0.5) is 0 Å². The van der Waals surface area contributed by atoms with Crippen LogP contribution in [-0.2, 0) is 11.2 Å². The highest BCUT2D eigenvalue weighted by Crippen LogP contribution is 1.99. The van der Waals surface area contributed by atoms with Crippen molar-refractivity contribution < 1.29 is 9.90 Å². The summed E-state index contributed by atoms with van der Waals surface area (Å²) < 4.78 is 0. The molecule has 2 N–H and O–H groups in total. The van der Waals surface area contributed by atoms with Gasteiger partial charge in [-0.05, 0) is 12.5 Å². The number of aromatic nitrogens is 2. The Bertz CT molecular complexity index is 356. The topological polar surface area (TPSA) is 83.0 Å². The molecule has 0 saturated heterocycles. The van der Waals surface area contributed by atoms with E-state index in [0.29, 0.717) is 11.3 Å². The van der Waals surface area contributed by atoms with Gasteiger partial charge in [0, 0.05) is 6.07 Å². The second-order valence-corrected chi connectivity index (χ2v) is 2.41. The van der Waals surface area contributed by atoms with E-state index in [1.54, 1.807) is 6.92 Å². The third kappa shape index (κ3) is 1.91. The molecular weight excluding hydrogens is 160 g/mol. The molecule has 0 aromatic carbocycles. The van der Waals surface area contributed by atoms with Gasteiger partial charge in [0.15, 0.2) is 0 Å². The summed E-state index contributed by atoms with van der Waals surface area (Å²) in [6, 6.07) is 1.25. The molecule has 0 aliphatic rings. The van der Waals surface area contributed by atoms with Gasteiger partial charge in [0.1, 0.15) is 0 Å². The molecule has 0 saturated carbocycles. The van der Waals surface area contributed by atoms with Crippen LogP contribution < -0.4 is 5.56 Å². The number of H-pyrrole nitrogens is 1. The minimum atomic E-state index is -0.967. The van der Waals surface area contributed by atoms with Crippen LogP contribution in [0.3, 0.4) is 0 Å². The van der Waals surface area contributed by atoms with E-state index in [2.05, 4.69) is 10.2 Å². The molecule has 0 atom stereocenters. The van der Waals surface area contributed by atoms with E-state index in [1.165, 1.54) is 6.07 Å². The number of aliphatic carboxylic acids is 1. The second-order valence-electron chi connectivity index (χ2n) is 2.41. The standard InChI is InChI=1S/C7H8N2O3/c1-4-5(3-7(11)12)2-6(10)9-8-4/h2H,3H2,1H3,(H,9,10)(H,11,12). The van der Waals surface area contributed by atoms with Gasteiger partial charge in [-0.25, -0.2) is 5.10 Å². The van der Waals surface area contributed by atoms with E-state index in [4.69, 9.17) is 5.11 Å². The van der Waals surface area contributed by atoms with E-state index < -0.39 is 5.97 Å². The fourth-order valence-corrected chi connectivity index (χ4v) is 0.848. The third-order valence-electron chi connectivity index (χ3n) is 1.45. The normalized spacial score (nSPS) is 9.75. The highest BCUT2D eigenvalue weighted by molar-refractivity contribution is 5.70. The molecule has 0 aliphatic heterocycles. The summed E-state index contributed by atoms with van der Waals surface area (Å²) in [5.74, 6) is -0.967. The first-order valence-corrected chi connectivity index (χ1v) is 3.36. The lowest BCUT2D eigenvalue weighted by Gasteiger charge is -1.98. The number of nitrogens with zero attached hydrogens (tertiary/aromatic N) is 1. The predicted octanol–water partition coefficient (Wildman–Crippen LogP) is -0.295. The first-order chi connectivity index (χ1) is 5.59. The van der Waals surface area contributed by atoms with Crippen LogP contribution in [0.1, 0.15) is 11.3 Å². The first-order valence-electron chi connectivity index (χ1n) is 3.36. The van der Waals surface area contributed by atoms with Gasteiger partial charge >= 0.3 is 5.97 Å². The Kier molecular flexibility index (Phi) is 2.23. The zero-order valence-corrected chi connectivity index (χ0v) is 6.50. The Balaban J connectivity index is 3.05. The number of hydrogen-bond acceptors (Lipinski definition) is 3. The van der Waals surface area contributed by atoms with Crippen molar-refractivity contribution in [3.8, 4) is 0 Å². The molecule has 12 heavy (non-hydrogen) atoms. The third-order valence-corrected chi connectivity index (χ3v) is 1.45. The molecule has 0 amide bonds. The Hall–Kier alpha value is -1.65. The van der Waals surface area contributed by atoms with E-state index in [0.717, 1.165) is 0 Å². The summed E-state index contributed by atoms with van der Waals surface area (Å²) in [5, 5.41) is 14.3. The highest BCUT2D eigenvalue weighted by Gasteiger charge is 2.04. The maximum Gasteiger partial charge on any atom is 0.307 e. The number of aryl methyl sites for hydroxylation is 1. The fourth-order valence-electron chi connectivity index (χ4n) is 0.848. The van der Waals surface area contributed by atoms with Crippen molar-refractivity contribution in [3.63, 3.8) is 0 Å². The van der Waals surface area contributed by atoms with Crippen LogP contribution in [0.15, 0.2) is 10.9 Å². The minimum Gasteiger partial charge on any atom is -0.481 e. The summed E-state index contributed by atoms with van der Waals surface area (Å²) in [4.78, 5) is 21.0. The summed E-state index contributed by atoms with van der Waals surface area (Å²) in [7, 11) is 0. The number of carbonyl (C=O) groups is 1. The zero-order valence-electron chi connectivity index (χ0n) is 6.50. The van der Waals surface area contributed by atoms with E-state index in [9.17, 15) is 9.59 Å². The Morgan fingerprint density at radius 2 is 2.42 bits per heavy atom. The average molecular weight is 168 g/mol. The summed E-state index contributed by atoms with van der Waals surface area (Å²) >= 11 is 0. The fraction of sp³-hybridized carbons (Fsp3) is 0.286. The molecule has 1 aromatic rings. The number of hydrogen-bond donors (Lipinski definition) is 2. The molecule has 1 aromatic heterocycles. The van der Waals surface area contributed by atoms with Crippen molar-refractivity contribution in [2.75, 3.05) is 0 Å². The van der Waals surface area contributed by atoms with Gasteiger partial charge in [-0.15, -0.1) is 0 Å². The Morgan fingerprint density at radius 3 is 3.00 bits per heavy atom. The number of carboxylic acid groups (broad SMARTS) is 1. The van der Waals surface area contributed by atoms with Gasteiger partial charge in [0.05, 0.1) is 12.1 Å². The van der Waals surface area contributed by atoms with Crippen molar-refractivity contribution in [3.05, 3.63) is 27.7 Å². The molecular formula is C7H8N2O3. The van der Waals surface area contributed by atoms with Crippen LogP contribution in [0.25, 0.3) is 0 Å². The number of aromatic amines is 1. The molecule has 1 heterocycles. The molecule has 0 radical (unpaired) electrons.